The number of imide groups is 1. The molecule has 0 aromatic rings. The third kappa shape index (κ3) is 1.56. The summed E-state index contributed by atoms with van der Waals surface area (Å²) in [5, 5.41) is 9.43. The third-order valence-corrected chi connectivity index (χ3v) is 5.33. The number of carboxylic acids is 1. The molecule has 1 N–H and O–H groups in total. The first-order valence-electron chi connectivity index (χ1n) is 7.07. The molecule has 19 heavy (non-hydrogen) atoms. The van der Waals surface area contributed by atoms with Crippen molar-refractivity contribution in [1.82, 2.24) is 4.90 Å². The molecule has 2 amide bonds. The van der Waals surface area contributed by atoms with Gasteiger partial charge >= 0.3 is 5.97 Å². The molecule has 3 rings (SSSR count). The van der Waals surface area contributed by atoms with Crippen LogP contribution in [0, 0.1) is 17.3 Å². The topological polar surface area (TPSA) is 74.7 Å². The van der Waals surface area contributed by atoms with E-state index in [1.807, 2.05) is 0 Å². The molecule has 1 aliphatic heterocycles. The molecule has 0 aromatic heterocycles. The summed E-state index contributed by atoms with van der Waals surface area (Å²) in [6.45, 7) is 1.67. The Morgan fingerprint density at radius 2 is 1.74 bits per heavy atom. The minimum Gasteiger partial charge on any atom is -0.481 e. The fourth-order valence-corrected chi connectivity index (χ4v) is 4.14. The summed E-state index contributed by atoms with van der Waals surface area (Å²) in [4.78, 5) is 37.6. The highest BCUT2D eigenvalue weighted by atomic mass is 16.4. The van der Waals surface area contributed by atoms with Gasteiger partial charge in [-0.3, -0.25) is 19.3 Å². The Kier molecular flexibility index (Phi) is 2.69. The lowest BCUT2D eigenvalue weighted by molar-refractivity contribution is -0.155. The highest BCUT2D eigenvalue weighted by Gasteiger charge is 2.58. The summed E-state index contributed by atoms with van der Waals surface area (Å²) >= 11 is 0. The second kappa shape index (κ2) is 4.05. The summed E-state index contributed by atoms with van der Waals surface area (Å²) in [6, 6.07) is -0.449. The second-order valence-corrected chi connectivity index (χ2v) is 6.32. The molecule has 0 spiro atoms. The molecule has 0 aromatic carbocycles. The van der Waals surface area contributed by atoms with Gasteiger partial charge in [-0.2, -0.15) is 0 Å². The molecule has 2 aliphatic carbocycles. The minimum atomic E-state index is -0.968. The van der Waals surface area contributed by atoms with Crippen molar-refractivity contribution in [2.24, 2.45) is 17.3 Å². The van der Waals surface area contributed by atoms with Crippen LogP contribution in [0.4, 0.5) is 0 Å². The molecule has 0 bridgehead atoms. The lowest BCUT2D eigenvalue weighted by Gasteiger charge is -2.33. The van der Waals surface area contributed by atoms with Gasteiger partial charge in [0, 0.05) is 0 Å². The van der Waals surface area contributed by atoms with Gasteiger partial charge in [0.1, 0.15) is 0 Å². The lowest BCUT2D eigenvalue weighted by Crippen LogP contribution is -2.50. The number of nitrogens with zero attached hydrogens (tertiary/aromatic N) is 1. The first kappa shape index (κ1) is 12.6. The third-order valence-electron chi connectivity index (χ3n) is 5.33. The van der Waals surface area contributed by atoms with Crippen molar-refractivity contribution >= 4 is 17.8 Å². The van der Waals surface area contributed by atoms with E-state index in [1.165, 1.54) is 4.90 Å². The Bertz CT molecular complexity index is 438. The molecule has 2 saturated carbocycles. The van der Waals surface area contributed by atoms with E-state index in [4.69, 9.17) is 0 Å². The van der Waals surface area contributed by atoms with Crippen molar-refractivity contribution in [1.29, 1.82) is 0 Å². The second-order valence-electron chi connectivity index (χ2n) is 6.32. The molecule has 1 saturated heterocycles. The van der Waals surface area contributed by atoms with Gasteiger partial charge in [0.2, 0.25) is 11.8 Å². The average molecular weight is 265 g/mol. The van der Waals surface area contributed by atoms with Crippen LogP contribution in [0.1, 0.15) is 45.4 Å². The van der Waals surface area contributed by atoms with Gasteiger partial charge in [-0.1, -0.05) is 12.8 Å². The van der Waals surface area contributed by atoms with E-state index >= 15 is 0 Å². The molecule has 4 unspecified atom stereocenters. The number of carbonyl (C=O) groups excluding carboxylic acids is 2. The number of amides is 2. The fraction of sp³-hybridized carbons (Fsp3) is 0.786. The molecule has 0 radical (unpaired) electrons. The van der Waals surface area contributed by atoms with E-state index in [0.29, 0.717) is 12.8 Å². The van der Waals surface area contributed by atoms with Crippen LogP contribution in [-0.2, 0) is 14.4 Å². The molecule has 3 aliphatic rings. The molecule has 1 heterocycles. The maximum absolute atomic E-state index is 12.4. The predicted octanol–water partition coefficient (Wildman–Crippen LogP) is 1.41. The summed E-state index contributed by atoms with van der Waals surface area (Å²) in [7, 11) is 0. The maximum atomic E-state index is 12.4. The monoisotopic (exact) mass is 265 g/mol. The zero-order chi connectivity index (χ0) is 13.8. The molecule has 4 atom stereocenters. The van der Waals surface area contributed by atoms with Crippen molar-refractivity contribution in [2.45, 2.75) is 51.5 Å². The summed E-state index contributed by atoms with van der Waals surface area (Å²) in [6.07, 6.45) is 4.42. The number of likely N-dealkylation sites (tertiary alicyclic amines) is 1. The van der Waals surface area contributed by atoms with Gasteiger partial charge in [0.25, 0.3) is 0 Å². The Hall–Kier alpha value is -1.39. The van der Waals surface area contributed by atoms with Crippen molar-refractivity contribution < 1.29 is 19.5 Å². The van der Waals surface area contributed by atoms with E-state index in [-0.39, 0.29) is 23.7 Å². The van der Waals surface area contributed by atoms with Crippen LogP contribution in [0.2, 0.25) is 0 Å². The minimum absolute atomic E-state index is 0.119. The Morgan fingerprint density at radius 3 is 2.26 bits per heavy atom. The highest BCUT2D eigenvalue weighted by Crippen LogP contribution is 2.47. The van der Waals surface area contributed by atoms with Gasteiger partial charge < -0.3 is 5.11 Å². The van der Waals surface area contributed by atoms with Crippen LogP contribution in [0.5, 0.6) is 0 Å². The maximum Gasteiger partial charge on any atom is 0.311 e. The van der Waals surface area contributed by atoms with Gasteiger partial charge in [0.05, 0.1) is 23.3 Å². The normalized spacial score (nSPS) is 41.9. The van der Waals surface area contributed by atoms with E-state index in [1.54, 1.807) is 6.92 Å². The average Bonchev–Trinajstić information content (AvgIpc) is 3.01. The lowest BCUT2D eigenvalue weighted by atomic mass is 9.84. The zero-order valence-electron chi connectivity index (χ0n) is 11.1. The molecular weight excluding hydrogens is 246 g/mol. The molecule has 3 fully saturated rings. The Labute approximate surface area is 112 Å². The van der Waals surface area contributed by atoms with Crippen molar-refractivity contribution in [3.63, 3.8) is 0 Å². The van der Waals surface area contributed by atoms with Crippen LogP contribution in [-0.4, -0.2) is 33.8 Å². The number of hydrogen-bond acceptors (Lipinski definition) is 3. The smallest absolute Gasteiger partial charge is 0.311 e. The van der Waals surface area contributed by atoms with Gasteiger partial charge in [-0.15, -0.1) is 0 Å². The van der Waals surface area contributed by atoms with E-state index in [9.17, 15) is 19.5 Å². The standard InChI is InChI=1S/C14H19NO4/c1-14(13(18)19)7-3-6-10(14)15-11(16)8-4-2-5-9(8)12(15)17/h8-10H,2-7H2,1H3,(H,18,19). The van der Waals surface area contributed by atoms with Crippen LogP contribution < -0.4 is 0 Å². The van der Waals surface area contributed by atoms with Crippen LogP contribution >= 0.6 is 0 Å². The molecular formula is C14H19NO4. The first-order valence-corrected chi connectivity index (χ1v) is 7.07. The van der Waals surface area contributed by atoms with E-state index < -0.39 is 17.4 Å². The summed E-state index contributed by atoms with van der Waals surface area (Å²) in [5.74, 6) is -1.48. The fourth-order valence-electron chi connectivity index (χ4n) is 4.14. The number of carboxylic acid groups (broad SMARTS) is 1. The summed E-state index contributed by atoms with van der Waals surface area (Å²) in [5.41, 5.74) is -0.968. The van der Waals surface area contributed by atoms with E-state index in [0.717, 1.165) is 25.7 Å². The number of hydrogen-bond donors (Lipinski definition) is 1. The van der Waals surface area contributed by atoms with Crippen LogP contribution in [0.25, 0.3) is 0 Å². The number of fused-ring (bicyclic) bond motifs is 1. The summed E-state index contributed by atoms with van der Waals surface area (Å²) < 4.78 is 0. The SMILES string of the molecule is CC1(C(=O)O)CCCC1N1C(=O)C2CCCC2C1=O. The number of rotatable bonds is 2. The Balaban J connectivity index is 1.92. The van der Waals surface area contributed by atoms with Crippen molar-refractivity contribution in [3.05, 3.63) is 0 Å². The first-order chi connectivity index (χ1) is 8.97. The Morgan fingerprint density at radius 1 is 1.16 bits per heavy atom. The molecule has 5 nitrogen and oxygen atoms in total. The van der Waals surface area contributed by atoms with Gasteiger partial charge in [-0.05, 0) is 32.6 Å². The van der Waals surface area contributed by atoms with Crippen molar-refractivity contribution in [3.8, 4) is 0 Å². The van der Waals surface area contributed by atoms with Crippen LogP contribution in [0.3, 0.4) is 0 Å². The van der Waals surface area contributed by atoms with E-state index in [2.05, 4.69) is 0 Å². The van der Waals surface area contributed by atoms with Gasteiger partial charge in [0.15, 0.2) is 0 Å². The quantitative estimate of drug-likeness (QED) is 0.766. The molecule has 5 heteroatoms. The largest absolute Gasteiger partial charge is 0.481 e. The molecule has 104 valence electrons. The van der Waals surface area contributed by atoms with Crippen LogP contribution in [0.15, 0.2) is 0 Å². The van der Waals surface area contributed by atoms with Crippen molar-refractivity contribution in [2.75, 3.05) is 0 Å². The zero-order valence-corrected chi connectivity index (χ0v) is 11.1. The van der Waals surface area contributed by atoms with Gasteiger partial charge in [-0.25, -0.2) is 0 Å². The number of aliphatic carboxylic acids is 1. The highest BCUT2D eigenvalue weighted by molar-refractivity contribution is 6.06. The number of carbonyl (C=O) groups is 3. The predicted molar refractivity (Wildman–Crippen MR) is 66.1 cm³/mol.